The van der Waals surface area contributed by atoms with Crippen LogP contribution in [0.2, 0.25) is 0 Å². The zero-order valence-electron chi connectivity index (χ0n) is 12.0. The van der Waals surface area contributed by atoms with E-state index in [2.05, 4.69) is 22.7 Å². The van der Waals surface area contributed by atoms with E-state index in [9.17, 15) is 4.79 Å². The molecule has 1 aliphatic rings. The molecule has 6 heteroatoms. The highest BCUT2D eigenvalue weighted by Gasteiger charge is 2.25. The van der Waals surface area contributed by atoms with Gasteiger partial charge in [0.15, 0.2) is 0 Å². The van der Waals surface area contributed by atoms with Gasteiger partial charge in [-0.3, -0.25) is 9.48 Å². The molecule has 0 aromatic carbocycles. The molecular formula is C13H23ClN4O. The first-order chi connectivity index (χ1) is 8.50. The molecule has 0 saturated carbocycles. The fraction of sp³-hybridized carbons (Fsp3) is 0.692. The molecule has 0 aliphatic carbocycles. The maximum Gasteiger partial charge on any atom is 0.255 e. The Bertz CT molecular complexity index is 458. The van der Waals surface area contributed by atoms with E-state index >= 15 is 0 Å². The molecule has 2 rings (SSSR count). The monoisotopic (exact) mass is 286 g/mol. The molecule has 2 atom stereocenters. The number of halogens is 1. The van der Waals surface area contributed by atoms with E-state index in [4.69, 9.17) is 0 Å². The predicted molar refractivity (Wildman–Crippen MR) is 77.8 cm³/mol. The van der Waals surface area contributed by atoms with Gasteiger partial charge in [0.1, 0.15) is 0 Å². The maximum absolute atomic E-state index is 12.3. The van der Waals surface area contributed by atoms with Crippen molar-refractivity contribution >= 4 is 18.3 Å². The summed E-state index contributed by atoms with van der Waals surface area (Å²) >= 11 is 0. The average Bonchev–Trinajstić information content (AvgIpc) is 2.56. The van der Waals surface area contributed by atoms with Crippen LogP contribution in [0, 0.1) is 19.8 Å². The predicted octanol–water partition coefficient (Wildman–Crippen LogP) is 1.19. The van der Waals surface area contributed by atoms with Gasteiger partial charge in [-0.25, -0.2) is 0 Å². The number of piperidine rings is 1. The number of hydrogen-bond donors (Lipinski definition) is 2. The van der Waals surface area contributed by atoms with E-state index in [0.717, 1.165) is 36.5 Å². The van der Waals surface area contributed by atoms with Crippen molar-refractivity contribution in [3.8, 4) is 0 Å². The number of hydrogen-bond acceptors (Lipinski definition) is 3. The van der Waals surface area contributed by atoms with Crippen molar-refractivity contribution in [3.63, 3.8) is 0 Å². The second-order valence-corrected chi connectivity index (χ2v) is 5.22. The fourth-order valence-electron chi connectivity index (χ4n) is 2.57. The second kappa shape index (κ2) is 6.39. The summed E-state index contributed by atoms with van der Waals surface area (Å²) < 4.78 is 1.76. The molecule has 0 bridgehead atoms. The minimum Gasteiger partial charge on any atom is -0.349 e. The summed E-state index contributed by atoms with van der Waals surface area (Å²) in [6, 6.07) is 0.262. The Hall–Kier alpha value is -1.07. The van der Waals surface area contributed by atoms with Gasteiger partial charge in [0.05, 0.1) is 11.3 Å². The number of nitrogens with zero attached hydrogens (tertiary/aromatic N) is 2. The van der Waals surface area contributed by atoms with Gasteiger partial charge >= 0.3 is 0 Å². The van der Waals surface area contributed by atoms with E-state index in [1.165, 1.54) is 0 Å². The Morgan fingerprint density at radius 3 is 2.68 bits per heavy atom. The molecule has 0 spiro atoms. The normalized spacial score (nSPS) is 22.7. The molecule has 0 radical (unpaired) electrons. The smallest absolute Gasteiger partial charge is 0.255 e. The van der Waals surface area contributed by atoms with Crippen LogP contribution in [0.5, 0.6) is 0 Å². The third kappa shape index (κ3) is 3.28. The first kappa shape index (κ1) is 16.0. The SMILES string of the molecule is Cc1nn(C)c(C)c1C(=O)NC1CCNCC1C.Cl. The van der Waals surface area contributed by atoms with Gasteiger partial charge in [0.2, 0.25) is 0 Å². The van der Waals surface area contributed by atoms with Crippen molar-refractivity contribution in [2.75, 3.05) is 13.1 Å². The van der Waals surface area contributed by atoms with Crippen molar-refractivity contribution in [1.82, 2.24) is 20.4 Å². The fourth-order valence-corrected chi connectivity index (χ4v) is 2.57. The summed E-state index contributed by atoms with van der Waals surface area (Å²) in [5, 5.41) is 10.8. The van der Waals surface area contributed by atoms with Gasteiger partial charge in [0.25, 0.3) is 5.91 Å². The van der Waals surface area contributed by atoms with Crippen molar-refractivity contribution in [2.24, 2.45) is 13.0 Å². The summed E-state index contributed by atoms with van der Waals surface area (Å²) in [6.07, 6.45) is 0.991. The van der Waals surface area contributed by atoms with Crippen molar-refractivity contribution in [2.45, 2.75) is 33.2 Å². The quantitative estimate of drug-likeness (QED) is 0.858. The van der Waals surface area contributed by atoms with Gasteiger partial charge in [-0.05, 0) is 39.3 Å². The van der Waals surface area contributed by atoms with E-state index in [1.807, 2.05) is 20.9 Å². The molecule has 1 amide bonds. The Morgan fingerprint density at radius 2 is 2.16 bits per heavy atom. The summed E-state index contributed by atoms with van der Waals surface area (Å²) in [7, 11) is 1.87. The van der Waals surface area contributed by atoms with Crippen LogP contribution in [0.1, 0.15) is 35.1 Å². The first-order valence-electron chi connectivity index (χ1n) is 6.52. The lowest BCUT2D eigenvalue weighted by Gasteiger charge is -2.30. The highest BCUT2D eigenvalue weighted by atomic mass is 35.5. The van der Waals surface area contributed by atoms with Crippen molar-refractivity contribution in [1.29, 1.82) is 0 Å². The molecule has 2 heterocycles. The highest BCUT2D eigenvalue weighted by molar-refractivity contribution is 5.96. The van der Waals surface area contributed by atoms with Crippen LogP contribution in [-0.2, 0) is 7.05 Å². The third-order valence-electron chi connectivity index (χ3n) is 3.84. The highest BCUT2D eigenvalue weighted by Crippen LogP contribution is 2.15. The van der Waals surface area contributed by atoms with E-state index in [0.29, 0.717) is 5.92 Å². The maximum atomic E-state index is 12.3. The van der Waals surface area contributed by atoms with Crippen molar-refractivity contribution < 1.29 is 4.79 Å². The molecule has 1 fully saturated rings. The Labute approximate surface area is 120 Å². The summed E-state index contributed by atoms with van der Waals surface area (Å²) in [6.45, 7) is 7.92. The van der Waals surface area contributed by atoms with E-state index in [-0.39, 0.29) is 24.4 Å². The van der Waals surface area contributed by atoms with Gasteiger partial charge < -0.3 is 10.6 Å². The standard InChI is InChI=1S/C13H22N4O.ClH/c1-8-7-14-6-5-11(8)15-13(18)12-9(2)16-17(4)10(12)3;/h8,11,14H,5-7H2,1-4H3,(H,15,18);1H. The van der Waals surface area contributed by atoms with E-state index < -0.39 is 0 Å². The van der Waals surface area contributed by atoms with E-state index in [1.54, 1.807) is 4.68 Å². The van der Waals surface area contributed by atoms with Gasteiger partial charge in [-0.15, -0.1) is 12.4 Å². The van der Waals surface area contributed by atoms with Gasteiger partial charge in [-0.2, -0.15) is 5.10 Å². The first-order valence-corrected chi connectivity index (χ1v) is 6.52. The molecule has 5 nitrogen and oxygen atoms in total. The Balaban J connectivity index is 0.00000180. The van der Waals surface area contributed by atoms with Gasteiger partial charge in [-0.1, -0.05) is 6.92 Å². The summed E-state index contributed by atoms with van der Waals surface area (Å²) in [5.41, 5.74) is 2.45. The molecule has 108 valence electrons. The molecular weight excluding hydrogens is 264 g/mol. The van der Waals surface area contributed by atoms with Crippen LogP contribution in [0.3, 0.4) is 0 Å². The molecule has 1 saturated heterocycles. The number of rotatable bonds is 2. The molecule has 2 unspecified atom stereocenters. The minimum absolute atomic E-state index is 0. The molecule has 19 heavy (non-hydrogen) atoms. The average molecular weight is 287 g/mol. The van der Waals surface area contributed by atoms with Gasteiger partial charge in [0, 0.05) is 18.8 Å². The van der Waals surface area contributed by atoms with Crippen LogP contribution < -0.4 is 10.6 Å². The van der Waals surface area contributed by atoms with Crippen LogP contribution in [0.15, 0.2) is 0 Å². The third-order valence-corrected chi connectivity index (χ3v) is 3.84. The Morgan fingerprint density at radius 1 is 1.47 bits per heavy atom. The summed E-state index contributed by atoms with van der Waals surface area (Å²) in [4.78, 5) is 12.3. The molecule has 1 aromatic heterocycles. The number of nitrogens with one attached hydrogen (secondary N) is 2. The van der Waals surface area contributed by atoms with Crippen LogP contribution in [0.25, 0.3) is 0 Å². The number of carbonyl (C=O) groups is 1. The molecule has 1 aromatic rings. The number of amides is 1. The minimum atomic E-state index is 0. The number of carbonyl (C=O) groups excluding carboxylic acids is 1. The molecule has 2 N–H and O–H groups in total. The zero-order chi connectivity index (χ0) is 13.3. The van der Waals surface area contributed by atoms with Crippen molar-refractivity contribution in [3.05, 3.63) is 17.0 Å². The number of aryl methyl sites for hydroxylation is 2. The largest absolute Gasteiger partial charge is 0.349 e. The zero-order valence-corrected chi connectivity index (χ0v) is 12.8. The topological polar surface area (TPSA) is 59.0 Å². The molecule has 1 aliphatic heterocycles. The van der Waals surface area contributed by atoms with Crippen LogP contribution >= 0.6 is 12.4 Å². The van der Waals surface area contributed by atoms with Crippen LogP contribution in [0.4, 0.5) is 0 Å². The lowest BCUT2D eigenvalue weighted by Crippen LogP contribution is -2.48. The Kier molecular flexibility index (Phi) is 5.38. The van der Waals surface area contributed by atoms with Crippen LogP contribution in [-0.4, -0.2) is 34.8 Å². The lowest BCUT2D eigenvalue weighted by atomic mass is 9.95. The lowest BCUT2D eigenvalue weighted by molar-refractivity contribution is 0.0913. The summed E-state index contributed by atoms with van der Waals surface area (Å²) in [5.74, 6) is 0.483. The number of aromatic nitrogens is 2. The second-order valence-electron chi connectivity index (χ2n) is 5.22.